The summed E-state index contributed by atoms with van der Waals surface area (Å²) in [6.07, 6.45) is 2.20. The minimum absolute atomic E-state index is 0.0559. The number of carbonyl (C=O) groups excluding carboxylic acids is 3. The Bertz CT molecular complexity index is 1270. The minimum Gasteiger partial charge on any atom is -0.501 e. The number of aromatic hydroxyl groups is 1. The van der Waals surface area contributed by atoms with Crippen LogP contribution in [0.2, 0.25) is 5.02 Å². The van der Waals surface area contributed by atoms with Crippen LogP contribution in [-0.2, 0) is 28.2 Å². The molecule has 0 unspecified atom stereocenters. The average Bonchev–Trinajstić information content (AvgIpc) is 3.07. The summed E-state index contributed by atoms with van der Waals surface area (Å²) in [5, 5.41) is 15.7. The normalized spacial score (nSPS) is 20.5. The molecule has 5 rings (SSSR count). The standard InChI is InChI=1S/C23H25ClFN5O5/c1-29(2)21(35)19(33)28-23-7-5-12(6-8-23)11-30-20(34)17(31)16(27-22(23)30)18(32)26-10-13-3-4-15(25)14(24)9-13/h3-4,9,12,31H,5-8,10-11H2,1-2H3,(H,26,32)(H,28,33). The number of rotatable bonds is 4. The second kappa shape index (κ2) is 9.29. The van der Waals surface area contributed by atoms with Crippen molar-refractivity contribution in [1.29, 1.82) is 0 Å². The van der Waals surface area contributed by atoms with Gasteiger partial charge in [-0.3, -0.25) is 23.7 Å². The van der Waals surface area contributed by atoms with E-state index < -0.39 is 46.1 Å². The number of aromatic nitrogens is 2. The van der Waals surface area contributed by atoms with Gasteiger partial charge in [-0.05, 0) is 49.3 Å². The van der Waals surface area contributed by atoms with Crippen LogP contribution in [0.3, 0.4) is 0 Å². The molecule has 3 amide bonds. The van der Waals surface area contributed by atoms with E-state index in [0.717, 1.165) is 11.0 Å². The lowest BCUT2D eigenvalue weighted by atomic mass is 9.77. The number of hydrogen-bond donors (Lipinski definition) is 3. The Hall–Kier alpha value is -3.47. The summed E-state index contributed by atoms with van der Waals surface area (Å²) in [4.78, 5) is 56.4. The van der Waals surface area contributed by atoms with Crippen molar-refractivity contribution < 1.29 is 23.9 Å². The SMILES string of the molecule is CN(C)C(=O)C(=O)NC12CCC(CC1)Cn1c2nc(C(=O)NCc2ccc(F)c(Cl)c2)c(O)c1=O. The molecule has 1 aromatic carbocycles. The third-order valence-corrected chi connectivity index (χ3v) is 6.87. The first-order chi connectivity index (χ1) is 16.5. The van der Waals surface area contributed by atoms with Crippen LogP contribution in [0.15, 0.2) is 23.0 Å². The zero-order valence-corrected chi connectivity index (χ0v) is 20.0. The van der Waals surface area contributed by atoms with Crippen molar-refractivity contribution in [3.05, 3.63) is 56.5 Å². The maximum atomic E-state index is 13.4. The number of benzene rings is 1. The van der Waals surface area contributed by atoms with Crippen LogP contribution >= 0.6 is 11.6 Å². The van der Waals surface area contributed by atoms with E-state index in [1.54, 1.807) is 0 Å². The first kappa shape index (κ1) is 24.6. The predicted molar refractivity (Wildman–Crippen MR) is 123 cm³/mol. The lowest BCUT2D eigenvalue weighted by molar-refractivity contribution is -0.145. The van der Waals surface area contributed by atoms with Gasteiger partial charge in [0.2, 0.25) is 5.75 Å². The Labute approximate surface area is 205 Å². The van der Waals surface area contributed by atoms with E-state index >= 15 is 0 Å². The number of halogens is 2. The summed E-state index contributed by atoms with van der Waals surface area (Å²) < 4.78 is 14.7. The topological polar surface area (TPSA) is 134 Å². The quantitative estimate of drug-likeness (QED) is 0.536. The van der Waals surface area contributed by atoms with Crippen molar-refractivity contribution in [3.63, 3.8) is 0 Å². The molecule has 0 atom stereocenters. The van der Waals surface area contributed by atoms with Gasteiger partial charge in [0, 0.05) is 27.2 Å². The van der Waals surface area contributed by atoms with Crippen molar-refractivity contribution in [2.45, 2.75) is 44.3 Å². The second-order valence-electron chi connectivity index (χ2n) is 9.16. The maximum Gasteiger partial charge on any atom is 0.311 e. The summed E-state index contributed by atoms with van der Waals surface area (Å²) in [6, 6.07) is 3.94. The molecule has 3 aliphatic rings. The summed E-state index contributed by atoms with van der Waals surface area (Å²) in [5.74, 6) is -3.57. The van der Waals surface area contributed by atoms with Crippen molar-refractivity contribution in [3.8, 4) is 5.75 Å². The van der Waals surface area contributed by atoms with E-state index in [0.29, 0.717) is 31.2 Å². The number of likely N-dealkylation sites (N-methyl/N-ethyl adjacent to an activating group) is 1. The first-order valence-corrected chi connectivity index (χ1v) is 11.5. The van der Waals surface area contributed by atoms with Gasteiger partial charge in [-0.25, -0.2) is 9.37 Å². The summed E-state index contributed by atoms with van der Waals surface area (Å²) in [6.45, 7) is 0.226. The number of nitrogens with zero attached hydrogens (tertiary/aromatic N) is 3. The minimum atomic E-state index is -1.14. The summed E-state index contributed by atoms with van der Waals surface area (Å²) >= 11 is 5.78. The third-order valence-electron chi connectivity index (χ3n) is 6.58. The lowest BCUT2D eigenvalue weighted by Crippen LogP contribution is -2.53. The van der Waals surface area contributed by atoms with E-state index in [1.165, 1.54) is 30.8 Å². The zero-order chi connectivity index (χ0) is 25.5. The highest BCUT2D eigenvalue weighted by molar-refractivity contribution is 6.35. The van der Waals surface area contributed by atoms with Crippen molar-refractivity contribution in [1.82, 2.24) is 25.1 Å². The van der Waals surface area contributed by atoms with Crippen LogP contribution in [0.1, 0.15) is 47.6 Å². The number of amides is 3. The molecule has 1 fully saturated rings. The monoisotopic (exact) mass is 505 g/mol. The Morgan fingerprint density at radius 2 is 1.97 bits per heavy atom. The molecule has 1 aromatic heterocycles. The Morgan fingerprint density at radius 1 is 1.29 bits per heavy atom. The van der Waals surface area contributed by atoms with Gasteiger partial charge in [0.25, 0.3) is 11.5 Å². The van der Waals surface area contributed by atoms with E-state index in [2.05, 4.69) is 15.6 Å². The van der Waals surface area contributed by atoms with Gasteiger partial charge in [-0.15, -0.1) is 0 Å². The maximum absolute atomic E-state index is 13.4. The van der Waals surface area contributed by atoms with Crippen LogP contribution in [0.4, 0.5) is 4.39 Å². The van der Waals surface area contributed by atoms with Crippen LogP contribution in [0.5, 0.6) is 5.75 Å². The van der Waals surface area contributed by atoms with Crippen LogP contribution < -0.4 is 16.2 Å². The highest BCUT2D eigenvalue weighted by Gasteiger charge is 2.46. The van der Waals surface area contributed by atoms with Gasteiger partial charge in [0.1, 0.15) is 11.6 Å². The molecular formula is C23H25ClFN5O5. The molecule has 2 bridgehead atoms. The molecule has 0 radical (unpaired) electrons. The highest BCUT2D eigenvalue weighted by atomic mass is 35.5. The molecule has 186 valence electrons. The second-order valence-corrected chi connectivity index (χ2v) is 9.57. The Morgan fingerprint density at radius 3 is 2.60 bits per heavy atom. The molecule has 2 aromatic rings. The summed E-state index contributed by atoms with van der Waals surface area (Å²) in [5.41, 5.74) is -1.92. The molecule has 12 heteroatoms. The Kier molecular flexibility index (Phi) is 6.54. The highest BCUT2D eigenvalue weighted by Crippen LogP contribution is 2.42. The number of carbonyl (C=O) groups is 3. The third kappa shape index (κ3) is 4.60. The lowest BCUT2D eigenvalue weighted by Gasteiger charge is -2.37. The van der Waals surface area contributed by atoms with Gasteiger partial charge in [0.05, 0.1) is 10.6 Å². The molecule has 1 saturated carbocycles. The molecule has 3 heterocycles. The van der Waals surface area contributed by atoms with E-state index in [1.807, 2.05) is 0 Å². The van der Waals surface area contributed by atoms with Crippen molar-refractivity contribution in [2.75, 3.05) is 14.1 Å². The molecular weight excluding hydrogens is 481 g/mol. The smallest absolute Gasteiger partial charge is 0.311 e. The number of nitrogens with one attached hydrogen (secondary N) is 2. The zero-order valence-electron chi connectivity index (χ0n) is 19.2. The van der Waals surface area contributed by atoms with E-state index in [4.69, 9.17) is 11.6 Å². The van der Waals surface area contributed by atoms with Gasteiger partial charge >= 0.3 is 11.8 Å². The van der Waals surface area contributed by atoms with E-state index in [9.17, 15) is 28.7 Å². The van der Waals surface area contributed by atoms with E-state index in [-0.39, 0.29) is 29.9 Å². The van der Waals surface area contributed by atoms with Crippen molar-refractivity contribution >= 4 is 29.3 Å². The molecule has 0 saturated heterocycles. The van der Waals surface area contributed by atoms with Gasteiger partial charge < -0.3 is 20.6 Å². The first-order valence-electron chi connectivity index (χ1n) is 11.1. The fourth-order valence-corrected chi connectivity index (χ4v) is 4.85. The Balaban J connectivity index is 1.69. The molecule has 10 nitrogen and oxygen atoms in total. The number of fused-ring (bicyclic) bond motifs is 2. The summed E-state index contributed by atoms with van der Waals surface area (Å²) in [7, 11) is 2.91. The molecule has 35 heavy (non-hydrogen) atoms. The van der Waals surface area contributed by atoms with Gasteiger partial charge in [-0.1, -0.05) is 17.7 Å². The van der Waals surface area contributed by atoms with Gasteiger partial charge in [0.15, 0.2) is 5.69 Å². The largest absolute Gasteiger partial charge is 0.501 e. The molecule has 3 N–H and O–H groups in total. The fraction of sp³-hybridized carbons (Fsp3) is 0.435. The van der Waals surface area contributed by atoms with Crippen LogP contribution in [0, 0.1) is 11.7 Å². The van der Waals surface area contributed by atoms with Crippen LogP contribution in [-0.4, -0.2) is 51.4 Å². The molecule has 2 aliphatic heterocycles. The fourth-order valence-electron chi connectivity index (χ4n) is 4.64. The predicted octanol–water partition coefficient (Wildman–Crippen LogP) is 1.27. The average molecular weight is 506 g/mol. The molecule has 0 spiro atoms. The number of hydrogen-bond acceptors (Lipinski definition) is 6. The van der Waals surface area contributed by atoms with Crippen molar-refractivity contribution in [2.24, 2.45) is 5.92 Å². The van der Waals surface area contributed by atoms with Gasteiger partial charge in [-0.2, -0.15) is 0 Å². The van der Waals surface area contributed by atoms with Crippen LogP contribution in [0.25, 0.3) is 0 Å². The molecule has 1 aliphatic carbocycles.